The van der Waals surface area contributed by atoms with E-state index >= 15 is 0 Å². The molecule has 3 nitrogen and oxygen atoms in total. The van der Waals surface area contributed by atoms with Crippen LogP contribution in [0.4, 0.5) is 0 Å². The highest BCUT2D eigenvalue weighted by Crippen LogP contribution is 2.24. The average molecular weight is 241 g/mol. The van der Waals surface area contributed by atoms with Crippen LogP contribution < -0.4 is 9.47 Å². The summed E-state index contributed by atoms with van der Waals surface area (Å²) in [4.78, 5) is 2.15. The zero-order chi connectivity index (χ0) is 12.0. The van der Waals surface area contributed by atoms with Gasteiger partial charge in [0, 0.05) is 18.5 Å². The third kappa shape index (κ3) is 3.61. The van der Waals surface area contributed by atoms with Crippen molar-refractivity contribution < 1.29 is 9.47 Å². The predicted octanol–water partition coefficient (Wildman–Crippen LogP) is 2.07. The van der Waals surface area contributed by atoms with Gasteiger partial charge in [-0.15, -0.1) is 0 Å². The van der Waals surface area contributed by atoms with Gasteiger partial charge in [-0.25, -0.2) is 0 Å². The topological polar surface area (TPSA) is 21.7 Å². The molecule has 0 unspecified atom stereocenters. The first kappa shape index (κ1) is 13.2. The van der Waals surface area contributed by atoms with Crippen molar-refractivity contribution in [3.63, 3.8) is 0 Å². The number of nitrogens with zero attached hydrogens (tertiary/aromatic N) is 1. The van der Waals surface area contributed by atoms with Crippen molar-refractivity contribution in [2.75, 3.05) is 33.7 Å². The fourth-order valence-corrected chi connectivity index (χ4v) is 1.58. The third-order valence-electron chi connectivity index (χ3n) is 2.50. The van der Waals surface area contributed by atoms with Gasteiger partial charge in [-0.1, -0.05) is 6.07 Å². The molecule has 0 heterocycles. The molecule has 0 saturated heterocycles. The molecule has 0 N–H and O–H groups in total. The van der Waals surface area contributed by atoms with E-state index in [1.54, 1.807) is 14.2 Å². The summed E-state index contributed by atoms with van der Waals surface area (Å²) in [6.45, 7) is 0.964. The summed E-state index contributed by atoms with van der Waals surface area (Å²) in [7, 11) is 5.38. The normalized spacial score (nSPS) is 10.6. The fraction of sp³-hybridized carbons (Fsp3) is 0.500. The van der Waals surface area contributed by atoms with E-state index in [0.29, 0.717) is 0 Å². The highest BCUT2D eigenvalue weighted by atomic mass is 32.1. The molecule has 0 atom stereocenters. The van der Waals surface area contributed by atoms with Crippen LogP contribution in [-0.2, 0) is 6.42 Å². The Bertz CT molecular complexity index is 331. The van der Waals surface area contributed by atoms with Crippen LogP contribution in [0.3, 0.4) is 0 Å². The van der Waals surface area contributed by atoms with E-state index in [1.807, 2.05) is 25.2 Å². The predicted molar refractivity (Wildman–Crippen MR) is 69.7 cm³/mol. The lowest BCUT2D eigenvalue weighted by Crippen LogP contribution is -2.19. The minimum Gasteiger partial charge on any atom is -0.497 e. The molecule has 90 valence electrons. The first-order chi connectivity index (χ1) is 7.71. The number of rotatable bonds is 6. The Morgan fingerprint density at radius 3 is 2.56 bits per heavy atom. The van der Waals surface area contributed by atoms with Crippen molar-refractivity contribution >= 4 is 12.6 Å². The monoisotopic (exact) mass is 241 g/mol. The molecular weight excluding hydrogens is 222 g/mol. The SMILES string of the molecule is COc1ccc(CCN(C)CS)c(OC)c1. The molecule has 0 aliphatic heterocycles. The number of ether oxygens (including phenoxy) is 2. The lowest BCUT2D eigenvalue weighted by atomic mass is 10.1. The molecule has 0 spiro atoms. The minimum atomic E-state index is 0.762. The van der Waals surface area contributed by atoms with Gasteiger partial charge in [-0.3, -0.25) is 4.90 Å². The van der Waals surface area contributed by atoms with Crippen LogP contribution in [0.25, 0.3) is 0 Å². The Morgan fingerprint density at radius 1 is 1.25 bits per heavy atom. The Kier molecular flexibility index (Phi) is 5.49. The average Bonchev–Trinajstić information content (AvgIpc) is 2.35. The van der Waals surface area contributed by atoms with Gasteiger partial charge in [-0.05, 0) is 25.1 Å². The molecule has 0 fully saturated rings. The quantitative estimate of drug-likeness (QED) is 0.608. The highest BCUT2D eigenvalue weighted by molar-refractivity contribution is 7.80. The lowest BCUT2D eigenvalue weighted by molar-refractivity contribution is 0.378. The molecule has 0 bridgehead atoms. The van der Waals surface area contributed by atoms with Crippen molar-refractivity contribution in [2.45, 2.75) is 6.42 Å². The maximum atomic E-state index is 5.34. The van der Waals surface area contributed by atoms with Gasteiger partial charge in [0.05, 0.1) is 14.2 Å². The summed E-state index contributed by atoms with van der Waals surface area (Å²) in [5.74, 6) is 2.47. The first-order valence-electron chi connectivity index (χ1n) is 5.21. The molecule has 0 saturated carbocycles. The minimum absolute atomic E-state index is 0.762. The molecular formula is C12H19NO2S. The van der Waals surface area contributed by atoms with Gasteiger partial charge >= 0.3 is 0 Å². The van der Waals surface area contributed by atoms with E-state index in [1.165, 1.54) is 5.56 Å². The summed E-state index contributed by atoms with van der Waals surface area (Å²) in [5.41, 5.74) is 1.19. The summed E-state index contributed by atoms with van der Waals surface area (Å²) in [6, 6.07) is 5.92. The number of benzene rings is 1. The molecule has 0 aliphatic rings. The van der Waals surface area contributed by atoms with E-state index < -0.39 is 0 Å². The van der Waals surface area contributed by atoms with Crippen LogP contribution in [0.2, 0.25) is 0 Å². The maximum absolute atomic E-state index is 5.34. The molecule has 0 aromatic heterocycles. The number of hydrogen-bond acceptors (Lipinski definition) is 4. The van der Waals surface area contributed by atoms with E-state index in [2.05, 4.69) is 17.5 Å². The van der Waals surface area contributed by atoms with Crippen LogP contribution in [0.15, 0.2) is 18.2 Å². The largest absolute Gasteiger partial charge is 0.497 e. The summed E-state index contributed by atoms with van der Waals surface area (Å²) in [5, 5.41) is 0. The van der Waals surface area contributed by atoms with Gasteiger partial charge in [0.2, 0.25) is 0 Å². The van der Waals surface area contributed by atoms with Gasteiger partial charge in [0.15, 0.2) is 0 Å². The second-order valence-electron chi connectivity index (χ2n) is 3.65. The second-order valence-corrected chi connectivity index (χ2v) is 3.93. The number of likely N-dealkylation sites (N-methyl/N-ethyl adjacent to an activating group) is 1. The number of thiol groups is 1. The van der Waals surface area contributed by atoms with Crippen LogP contribution >= 0.6 is 12.6 Å². The zero-order valence-corrected chi connectivity index (χ0v) is 11.0. The standard InChI is InChI=1S/C12H19NO2S/c1-13(9-16)7-6-10-4-5-11(14-2)8-12(10)15-3/h4-5,8,16H,6-7,9H2,1-3H3. The highest BCUT2D eigenvalue weighted by Gasteiger charge is 2.05. The second kappa shape index (κ2) is 6.66. The van der Waals surface area contributed by atoms with Crippen LogP contribution in [-0.4, -0.2) is 38.6 Å². The van der Waals surface area contributed by atoms with Crippen LogP contribution in [0.1, 0.15) is 5.56 Å². The first-order valence-corrected chi connectivity index (χ1v) is 5.84. The summed E-state index contributed by atoms with van der Waals surface area (Å²) in [6.07, 6.45) is 0.949. The molecule has 0 amide bonds. The van der Waals surface area contributed by atoms with Gasteiger partial charge in [-0.2, -0.15) is 12.6 Å². The van der Waals surface area contributed by atoms with Gasteiger partial charge in [0.25, 0.3) is 0 Å². The fourth-order valence-electron chi connectivity index (χ4n) is 1.44. The molecule has 4 heteroatoms. The number of hydrogen-bond donors (Lipinski definition) is 1. The molecule has 1 rings (SSSR count). The zero-order valence-electron chi connectivity index (χ0n) is 10.1. The van der Waals surface area contributed by atoms with Crippen molar-refractivity contribution in [1.29, 1.82) is 0 Å². The van der Waals surface area contributed by atoms with E-state index in [4.69, 9.17) is 9.47 Å². The maximum Gasteiger partial charge on any atom is 0.125 e. The molecule has 1 aromatic rings. The molecule has 0 aliphatic carbocycles. The van der Waals surface area contributed by atoms with Crippen LogP contribution in [0, 0.1) is 0 Å². The molecule has 1 aromatic carbocycles. The smallest absolute Gasteiger partial charge is 0.125 e. The molecule has 16 heavy (non-hydrogen) atoms. The van der Waals surface area contributed by atoms with Crippen molar-refractivity contribution in [1.82, 2.24) is 4.90 Å². The Labute approximate surface area is 103 Å². The van der Waals surface area contributed by atoms with Crippen LogP contribution in [0.5, 0.6) is 11.5 Å². The summed E-state index contributed by atoms with van der Waals surface area (Å²) >= 11 is 4.22. The van der Waals surface area contributed by atoms with Crippen molar-refractivity contribution in [2.24, 2.45) is 0 Å². The Morgan fingerprint density at radius 2 is 2.00 bits per heavy atom. The van der Waals surface area contributed by atoms with E-state index in [0.717, 1.165) is 30.3 Å². The Hall–Kier alpha value is -0.870. The number of methoxy groups -OCH3 is 2. The molecule has 0 radical (unpaired) electrons. The van der Waals surface area contributed by atoms with Crippen molar-refractivity contribution in [3.05, 3.63) is 23.8 Å². The van der Waals surface area contributed by atoms with E-state index in [-0.39, 0.29) is 0 Å². The van der Waals surface area contributed by atoms with Gasteiger partial charge < -0.3 is 9.47 Å². The Balaban J connectivity index is 2.71. The van der Waals surface area contributed by atoms with E-state index in [9.17, 15) is 0 Å². The van der Waals surface area contributed by atoms with Gasteiger partial charge in [0.1, 0.15) is 11.5 Å². The third-order valence-corrected chi connectivity index (χ3v) is 2.98. The van der Waals surface area contributed by atoms with Crippen molar-refractivity contribution in [3.8, 4) is 11.5 Å². The lowest BCUT2D eigenvalue weighted by Gasteiger charge is -2.15. The summed E-state index contributed by atoms with van der Waals surface area (Å²) < 4.78 is 10.5.